The van der Waals surface area contributed by atoms with Crippen LogP contribution in [-0.4, -0.2) is 61.7 Å². The van der Waals surface area contributed by atoms with Gasteiger partial charge in [0.05, 0.1) is 0 Å². The van der Waals surface area contributed by atoms with Crippen molar-refractivity contribution in [1.29, 1.82) is 0 Å². The fourth-order valence-corrected chi connectivity index (χ4v) is 3.34. The molecule has 94 valence electrons. The van der Waals surface area contributed by atoms with Gasteiger partial charge in [0, 0.05) is 37.8 Å². The Morgan fingerprint density at radius 2 is 1.88 bits per heavy atom. The van der Waals surface area contributed by atoms with Crippen molar-refractivity contribution in [3.63, 3.8) is 0 Å². The molecule has 2 fully saturated rings. The molecule has 3 heteroatoms. The van der Waals surface area contributed by atoms with E-state index >= 15 is 0 Å². The third-order valence-electron chi connectivity index (χ3n) is 3.91. The maximum absolute atomic E-state index is 3.72. The Balaban J connectivity index is 1.88. The van der Waals surface area contributed by atoms with Crippen molar-refractivity contribution in [3.05, 3.63) is 0 Å². The van der Waals surface area contributed by atoms with Crippen LogP contribution in [0.5, 0.6) is 0 Å². The number of nitrogens with zero attached hydrogens (tertiary/aromatic N) is 2. The molecular formula is C13H27N3. The highest BCUT2D eigenvalue weighted by Crippen LogP contribution is 2.25. The van der Waals surface area contributed by atoms with E-state index in [-0.39, 0.29) is 0 Å². The first-order chi connectivity index (χ1) is 7.65. The average Bonchev–Trinajstić information content (AvgIpc) is 2.67. The molecule has 1 aliphatic heterocycles. The van der Waals surface area contributed by atoms with Gasteiger partial charge < -0.3 is 10.2 Å². The second-order valence-electron chi connectivity index (χ2n) is 5.92. The van der Waals surface area contributed by atoms with Gasteiger partial charge in [-0.05, 0) is 33.9 Å². The van der Waals surface area contributed by atoms with E-state index in [1.54, 1.807) is 0 Å². The molecule has 2 rings (SSSR count). The highest BCUT2D eigenvalue weighted by Gasteiger charge is 2.30. The summed E-state index contributed by atoms with van der Waals surface area (Å²) in [6.07, 6.45) is 5.76. The minimum Gasteiger partial charge on any atom is -0.308 e. The van der Waals surface area contributed by atoms with Crippen molar-refractivity contribution in [2.75, 3.05) is 33.7 Å². The molecule has 0 radical (unpaired) electrons. The summed E-state index contributed by atoms with van der Waals surface area (Å²) in [4.78, 5) is 5.03. The Morgan fingerprint density at radius 1 is 1.19 bits per heavy atom. The molecule has 0 aromatic rings. The zero-order valence-electron chi connectivity index (χ0n) is 11.1. The number of likely N-dealkylation sites (N-methyl/N-ethyl adjacent to an activating group) is 1. The predicted octanol–water partition coefficient (Wildman–Crippen LogP) is 1.15. The predicted molar refractivity (Wildman–Crippen MR) is 68.8 cm³/mol. The van der Waals surface area contributed by atoms with Crippen molar-refractivity contribution in [2.45, 2.75) is 50.7 Å². The summed E-state index contributed by atoms with van der Waals surface area (Å²) < 4.78 is 0. The van der Waals surface area contributed by atoms with Crippen molar-refractivity contribution >= 4 is 0 Å². The lowest BCUT2D eigenvalue weighted by Gasteiger charge is -2.41. The Labute approximate surface area is 100 Å². The topological polar surface area (TPSA) is 18.5 Å². The van der Waals surface area contributed by atoms with E-state index in [1.165, 1.54) is 38.8 Å². The third kappa shape index (κ3) is 3.19. The summed E-state index contributed by atoms with van der Waals surface area (Å²) in [6, 6.07) is 2.19. The SMILES string of the molecule is CC1CN(C2CCCC2)CC(CN(C)C)N1. The van der Waals surface area contributed by atoms with Crippen LogP contribution in [0.4, 0.5) is 0 Å². The number of piperazine rings is 1. The van der Waals surface area contributed by atoms with E-state index in [0.717, 1.165) is 12.6 Å². The molecule has 0 amide bonds. The molecule has 2 unspecified atom stereocenters. The first kappa shape index (κ1) is 12.3. The highest BCUT2D eigenvalue weighted by atomic mass is 15.3. The maximum Gasteiger partial charge on any atom is 0.0325 e. The maximum atomic E-state index is 3.72. The lowest BCUT2D eigenvalue weighted by atomic mass is 10.1. The minimum atomic E-state index is 0.652. The van der Waals surface area contributed by atoms with Crippen LogP contribution in [0.2, 0.25) is 0 Å². The molecule has 16 heavy (non-hydrogen) atoms. The van der Waals surface area contributed by atoms with Gasteiger partial charge in [-0.25, -0.2) is 0 Å². The van der Waals surface area contributed by atoms with E-state index in [1.807, 2.05) is 0 Å². The summed E-state index contributed by atoms with van der Waals surface area (Å²) in [5.74, 6) is 0. The monoisotopic (exact) mass is 225 g/mol. The smallest absolute Gasteiger partial charge is 0.0325 e. The summed E-state index contributed by atoms with van der Waals surface area (Å²) in [7, 11) is 4.34. The molecule has 2 aliphatic rings. The minimum absolute atomic E-state index is 0.652. The number of nitrogens with one attached hydrogen (secondary N) is 1. The molecule has 1 heterocycles. The van der Waals surface area contributed by atoms with Gasteiger partial charge in [0.2, 0.25) is 0 Å². The molecule has 0 aromatic heterocycles. The molecule has 0 aromatic carbocycles. The van der Waals surface area contributed by atoms with Crippen molar-refractivity contribution in [3.8, 4) is 0 Å². The molecule has 1 aliphatic carbocycles. The van der Waals surface area contributed by atoms with Crippen LogP contribution in [0.15, 0.2) is 0 Å². The fourth-order valence-electron chi connectivity index (χ4n) is 3.34. The molecule has 0 spiro atoms. The molecule has 0 bridgehead atoms. The summed E-state index contributed by atoms with van der Waals surface area (Å²) in [6.45, 7) is 5.97. The molecular weight excluding hydrogens is 198 g/mol. The Bertz CT molecular complexity index is 209. The van der Waals surface area contributed by atoms with Gasteiger partial charge in [-0.3, -0.25) is 4.90 Å². The lowest BCUT2D eigenvalue weighted by molar-refractivity contribution is 0.108. The second kappa shape index (κ2) is 5.48. The Morgan fingerprint density at radius 3 is 2.50 bits per heavy atom. The quantitative estimate of drug-likeness (QED) is 0.777. The molecule has 1 N–H and O–H groups in total. The fraction of sp³-hybridized carbons (Fsp3) is 1.00. The Kier molecular flexibility index (Phi) is 4.22. The van der Waals surface area contributed by atoms with E-state index in [9.17, 15) is 0 Å². The van der Waals surface area contributed by atoms with Crippen molar-refractivity contribution in [2.24, 2.45) is 0 Å². The normalized spacial score (nSPS) is 33.8. The molecule has 3 nitrogen and oxygen atoms in total. The van der Waals surface area contributed by atoms with Crippen LogP contribution < -0.4 is 5.32 Å². The summed E-state index contributed by atoms with van der Waals surface area (Å²) >= 11 is 0. The van der Waals surface area contributed by atoms with Crippen molar-refractivity contribution < 1.29 is 0 Å². The van der Waals surface area contributed by atoms with Crippen molar-refractivity contribution in [1.82, 2.24) is 15.1 Å². The number of hydrogen-bond donors (Lipinski definition) is 1. The van der Waals surface area contributed by atoms with Crippen LogP contribution in [0.1, 0.15) is 32.6 Å². The van der Waals surface area contributed by atoms with E-state index in [2.05, 4.69) is 36.1 Å². The lowest BCUT2D eigenvalue weighted by Crippen LogP contribution is -2.60. The second-order valence-corrected chi connectivity index (χ2v) is 5.92. The van der Waals surface area contributed by atoms with Crippen LogP contribution >= 0.6 is 0 Å². The van der Waals surface area contributed by atoms with Gasteiger partial charge in [0.15, 0.2) is 0 Å². The van der Waals surface area contributed by atoms with Gasteiger partial charge >= 0.3 is 0 Å². The molecule has 1 saturated heterocycles. The first-order valence-corrected chi connectivity index (χ1v) is 6.80. The van der Waals surface area contributed by atoms with Gasteiger partial charge in [-0.15, -0.1) is 0 Å². The number of rotatable bonds is 3. The summed E-state index contributed by atoms with van der Waals surface area (Å²) in [5.41, 5.74) is 0. The summed E-state index contributed by atoms with van der Waals surface area (Å²) in [5, 5.41) is 3.72. The van der Waals surface area contributed by atoms with Crippen LogP contribution in [0, 0.1) is 0 Å². The molecule has 2 atom stereocenters. The number of hydrogen-bond acceptors (Lipinski definition) is 3. The largest absolute Gasteiger partial charge is 0.308 e. The van der Waals surface area contributed by atoms with Gasteiger partial charge in [-0.2, -0.15) is 0 Å². The van der Waals surface area contributed by atoms with E-state index in [0.29, 0.717) is 12.1 Å². The Hall–Kier alpha value is -0.120. The average molecular weight is 225 g/mol. The molecule has 1 saturated carbocycles. The highest BCUT2D eigenvalue weighted by molar-refractivity contribution is 4.89. The van der Waals surface area contributed by atoms with E-state index in [4.69, 9.17) is 0 Å². The zero-order valence-corrected chi connectivity index (χ0v) is 11.1. The van der Waals surface area contributed by atoms with Gasteiger partial charge in [-0.1, -0.05) is 12.8 Å². The van der Waals surface area contributed by atoms with Gasteiger partial charge in [0.1, 0.15) is 0 Å². The van der Waals surface area contributed by atoms with Gasteiger partial charge in [0.25, 0.3) is 0 Å². The van der Waals surface area contributed by atoms with Crippen LogP contribution in [-0.2, 0) is 0 Å². The van der Waals surface area contributed by atoms with Crippen LogP contribution in [0.3, 0.4) is 0 Å². The first-order valence-electron chi connectivity index (χ1n) is 6.80. The van der Waals surface area contributed by atoms with Crippen LogP contribution in [0.25, 0.3) is 0 Å². The third-order valence-corrected chi connectivity index (χ3v) is 3.91. The standard InChI is InChI=1S/C13H27N3/c1-11-8-16(13-6-4-5-7-13)10-12(14-11)9-15(2)3/h11-14H,4-10H2,1-3H3. The van der Waals surface area contributed by atoms with E-state index < -0.39 is 0 Å². The zero-order chi connectivity index (χ0) is 11.5.